The Kier molecular flexibility index (Phi) is 7.59. The minimum Gasteiger partial charge on any atom is -0.465 e. The average molecular weight is 431 g/mol. The van der Waals surface area contributed by atoms with E-state index in [0.717, 1.165) is 30.5 Å². The molecule has 7 heteroatoms. The lowest BCUT2D eigenvalue weighted by Gasteiger charge is -2.22. The van der Waals surface area contributed by atoms with E-state index in [1.165, 1.54) is 7.11 Å². The molecule has 0 spiro atoms. The molecule has 1 aromatic rings. The van der Waals surface area contributed by atoms with E-state index in [1.807, 2.05) is 26.8 Å². The average Bonchev–Trinajstić information content (AvgIpc) is 3.04. The van der Waals surface area contributed by atoms with Gasteiger partial charge in [0.2, 0.25) is 0 Å². The lowest BCUT2D eigenvalue weighted by molar-refractivity contribution is 0.0504. The molecule has 0 saturated heterocycles. The molecule has 1 saturated carbocycles. The molecule has 2 atom stereocenters. The van der Waals surface area contributed by atoms with E-state index in [0.29, 0.717) is 5.56 Å². The van der Waals surface area contributed by atoms with E-state index in [9.17, 15) is 9.59 Å². The summed E-state index contributed by atoms with van der Waals surface area (Å²) in [6, 6.07) is 5.70. The first-order chi connectivity index (χ1) is 13.9. The highest BCUT2D eigenvalue weighted by molar-refractivity contribution is 6.83. The lowest BCUT2D eigenvalue weighted by atomic mass is 10.1. The van der Waals surface area contributed by atoms with Crippen LogP contribution in [0, 0.1) is 11.5 Å². The number of amides is 1. The van der Waals surface area contributed by atoms with Crippen LogP contribution in [0.1, 0.15) is 56.0 Å². The summed E-state index contributed by atoms with van der Waals surface area (Å²) >= 11 is 0. The van der Waals surface area contributed by atoms with E-state index < -0.39 is 13.7 Å². The van der Waals surface area contributed by atoms with Crippen molar-refractivity contribution in [3.05, 3.63) is 29.3 Å². The van der Waals surface area contributed by atoms with Crippen LogP contribution in [0.3, 0.4) is 0 Å². The van der Waals surface area contributed by atoms with Gasteiger partial charge in [0, 0.05) is 17.6 Å². The van der Waals surface area contributed by atoms with Crippen molar-refractivity contribution >= 4 is 25.8 Å². The predicted molar refractivity (Wildman–Crippen MR) is 122 cm³/mol. The van der Waals surface area contributed by atoms with Crippen LogP contribution >= 0.6 is 0 Å². The maximum atomic E-state index is 12.0. The van der Waals surface area contributed by atoms with Gasteiger partial charge in [0.1, 0.15) is 13.7 Å². The molecule has 1 aromatic carbocycles. The smallest absolute Gasteiger partial charge is 0.407 e. The van der Waals surface area contributed by atoms with Crippen LogP contribution in [-0.4, -0.2) is 44.9 Å². The third kappa shape index (κ3) is 7.75. The van der Waals surface area contributed by atoms with Crippen molar-refractivity contribution in [2.45, 2.75) is 77.4 Å². The van der Waals surface area contributed by atoms with Crippen molar-refractivity contribution in [2.75, 3.05) is 12.4 Å². The van der Waals surface area contributed by atoms with Gasteiger partial charge in [-0.1, -0.05) is 25.6 Å². The van der Waals surface area contributed by atoms with Gasteiger partial charge in [0.15, 0.2) is 0 Å². The summed E-state index contributed by atoms with van der Waals surface area (Å²) in [6.45, 7) is 12.1. The number of anilines is 1. The molecule has 0 aromatic heterocycles. The Balaban J connectivity index is 2.11. The van der Waals surface area contributed by atoms with Crippen LogP contribution in [0.2, 0.25) is 19.6 Å². The third-order valence-electron chi connectivity index (χ3n) is 4.53. The summed E-state index contributed by atoms with van der Waals surface area (Å²) in [6.07, 6.45) is 2.24. The Morgan fingerprint density at radius 3 is 2.40 bits per heavy atom. The first-order valence-electron chi connectivity index (χ1n) is 10.4. The van der Waals surface area contributed by atoms with Gasteiger partial charge in [0.05, 0.1) is 18.4 Å². The minimum atomic E-state index is -1.58. The Labute approximate surface area is 181 Å². The van der Waals surface area contributed by atoms with E-state index in [4.69, 9.17) is 9.47 Å². The molecule has 0 aliphatic heterocycles. The number of benzene rings is 1. The minimum absolute atomic E-state index is 0.0724. The summed E-state index contributed by atoms with van der Waals surface area (Å²) in [7, 11) is -0.202. The summed E-state index contributed by atoms with van der Waals surface area (Å²) in [4.78, 5) is 24.0. The molecule has 0 radical (unpaired) electrons. The number of methoxy groups -OCH3 is 1. The van der Waals surface area contributed by atoms with Crippen LogP contribution in [0.25, 0.3) is 0 Å². The van der Waals surface area contributed by atoms with Crippen molar-refractivity contribution < 1.29 is 19.1 Å². The van der Waals surface area contributed by atoms with Crippen LogP contribution in [0.5, 0.6) is 0 Å². The largest absolute Gasteiger partial charge is 0.465 e. The Hall–Kier alpha value is -2.46. The van der Waals surface area contributed by atoms with Crippen molar-refractivity contribution in [1.29, 1.82) is 0 Å². The summed E-state index contributed by atoms with van der Waals surface area (Å²) in [5.41, 5.74) is 5.04. The second-order valence-electron chi connectivity index (χ2n) is 9.75. The maximum Gasteiger partial charge on any atom is 0.407 e. The molecule has 1 aliphatic rings. The molecule has 1 aliphatic carbocycles. The first-order valence-corrected chi connectivity index (χ1v) is 13.9. The van der Waals surface area contributed by atoms with Crippen LogP contribution in [-0.2, 0) is 9.47 Å². The van der Waals surface area contributed by atoms with Gasteiger partial charge < -0.3 is 20.1 Å². The lowest BCUT2D eigenvalue weighted by Crippen LogP contribution is -2.38. The molecule has 1 fully saturated rings. The number of ether oxygens (including phenoxy) is 2. The fraction of sp³-hybridized carbons (Fsp3) is 0.565. The fourth-order valence-corrected chi connectivity index (χ4v) is 3.72. The van der Waals surface area contributed by atoms with Crippen LogP contribution in [0.15, 0.2) is 18.2 Å². The van der Waals surface area contributed by atoms with E-state index in [1.54, 1.807) is 12.1 Å². The van der Waals surface area contributed by atoms with Gasteiger partial charge in [-0.25, -0.2) is 9.59 Å². The van der Waals surface area contributed by atoms with Gasteiger partial charge in [-0.2, -0.15) is 0 Å². The number of carbonyl (C=O) groups is 2. The summed E-state index contributed by atoms with van der Waals surface area (Å²) in [5, 5.41) is 6.51. The van der Waals surface area contributed by atoms with Crippen LogP contribution in [0.4, 0.5) is 10.5 Å². The molecule has 1 unspecified atom stereocenters. The standard InChI is InChI=1S/C23H34N2O4Si/c1-23(2,3)29-22(27)25-19-10-9-18(15-19)24-20-11-8-17(21(26)28-4)14-16(20)12-13-30(5,6)7/h8,11,14,18-19,24H,9-10,15H2,1-7H3,(H,25,27)/t18?,19-/m1/s1. The number of hydrogen-bond donors (Lipinski definition) is 2. The summed E-state index contributed by atoms with van der Waals surface area (Å²) < 4.78 is 10.2. The zero-order chi connectivity index (χ0) is 22.5. The maximum absolute atomic E-state index is 12.0. The molecule has 1 amide bonds. The molecule has 164 valence electrons. The molecule has 0 bridgehead atoms. The highest BCUT2D eigenvalue weighted by Gasteiger charge is 2.28. The Morgan fingerprint density at radius 2 is 1.80 bits per heavy atom. The van der Waals surface area contributed by atoms with E-state index >= 15 is 0 Å². The molecule has 2 rings (SSSR count). The molecule has 30 heavy (non-hydrogen) atoms. The SMILES string of the molecule is COC(=O)c1ccc(NC2CC[C@@H](NC(=O)OC(C)(C)C)C2)c(C#C[Si](C)(C)C)c1. The zero-order valence-electron chi connectivity index (χ0n) is 19.1. The number of esters is 1. The van der Waals surface area contributed by atoms with Gasteiger partial charge in [-0.3, -0.25) is 0 Å². The topological polar surface area (TPSA) is 76.7 Å². The normalized spacial score (nSPS) is 18.8. The highest BCUT2D eigenvalue weighted by Crippen LogP contribution is 2.26. The third-order valence-corrected chi connectivity index (χ3v) is 5.40. The molecule has 2 N–H and O–H groups in total. The second-order valence-corrected chi connectivity index (χ2v) is 14.5. The summed E-state index contributed by atoms with van der Waals surface area (Å²) in [5.74, 6) is 2.89. The number of hydrogen-bond acceptors (Lipinski definition) is 5. The van der Waals surface area contributed by atoms with Gasteiger partial charge in [0.25, 0.3) is 0 Å². The number of carbonyl (C=O) groups excluding carboxylic acids is 2. The number of rotatable bonds is 4. The van der Waals surface area contributed by atoms with Crippen molar-refractivity contribution in [3.8, 4) is 11.5 Å². The van der Waals surface area contributed by atoms with E-state index in [2.05, 4.69) is 41.7 Å². The molecule has 6 nitrogen and oxygen atoms in total. The van der Waals surface area contributed by atoms with Crippen molar-refractivity contribution in [2.24, 2.45) is 0 Å². The molecule has 0 heterocycles. The van der Waals surface area contributed by atoms with Gasteiger partial charge >= 0.3 is 12.1 Å². The van der Waals surface area contributed by atoms with Crippen LogP contribution < -0.4 is 10.6 Å². The van der Waals surface area contributed by atoms with E-state index in [-0.39, 0.29) is 24.1 Å². The first kappa shape index (κ1) is 23.8. The van der Waals surface area contributed by atoms with Crippen molar-refractivity contribution in [1.82, 2.24) is 5.32 Å². The Morgan fingerprint density at radius 1 is 1.13 bits per heavy atom. The predicted octanol–water partition coefficient (Wildman–Crippen LogP) is 4.56. The molecular weight excluding hydrogens is 396 g/mol. The van der Waals surface area contributed by atoms with Crippen molar-refractivity contribution in [3.63, 3.8) is 0 Å². The fourth-order valence-electron chi connectivity index (χ4n) is 3.21. The van der Waals surface area contributed by atoms with Gasteiger partial charge in [-0.05, 0) is 58.2 Å². The highest BCUT2D eigenvalue weighted by atomic mass is 28.3. The monoisotopic (exact) mass is 430 g/mol. The number of alkyl carbamates (subject to hydrolysis) is 1. The zero-order valence-corrected chi connectivity index (χ0v) is 20.1. The number of nitrogens with one attached hydrogen (secondary N) is 2. The Bertz CT molecular complexity index is 843. The van der Waals surface area contributed by atoms with Gasteiger partial charge in [-0.15, -0.1) is 5.54 Å². The molecular formula is C23H34N2O4Si. The quantitative estimate of drug-likeness (QED) is 0.416. The second kappa shape index (κ2) is 9.56.